The average Bonchev–Trinajstić information content (AvgIpc) is 3.29. The van der Waals surface area contributed by atoms with Gasteiger partial charge in [-0.1, -0.05) is 76.1 Å². The van der Waals surface area contributed by atoms with Crippen LogP contribution >= 0.6 is 0 Å². The lowest BCUT2D eigenvalue weighted by Crippen LogP contribution is -2.59. The first-order valence-electron chi connectivity index (χ1n) is 25.4. The smallest absolute Gasteiger partial charge is 0.328 e. The fraction of sp³-hybridized carbons (Fsp3) is 0.755. The lowest BCUT2D eigenvalue weighted by atomic mass is 9.78. The Kier molecular flexibility index (Phi) is 22.8. The number of nitrogens with one attached hydrogen (secondary N) is 1. The number of carbonyl (C=O) groups is 5. The van der Waals surface area contributed by atoms with E-state index in [1.165, 1.54) is 40.3 Å². The number of likely N-dealkylation sites (N-methyl/N-ethyl adjacent to an activating group) is 1. The van der Waals surface area contributed by atoms with Gasteiger partial charge in [-0.05, 0) is 115 Å². The van der Waals surface area contributed by atoms with Crippen molar-refractivity contribution in [3.05, 3.63) is 47.6 Å². The lowest BCUT2D eigenvalue weighted by Gasteiger charge is -2.42. The van der Waals surface area contributed by atoms with E-state index in [0.717, 1.165) is 37.0 Å². The third kappa shape index (κ3) is 16.6. The van der Waals surface area contributed by atoms with Crippen molar-refractivity contribution in [1.82, 2.24) is 9.62 Å². The number of ether oxygens (including phenoxy) is 5. The quantitative estimate of drug-likeness (QED) is 0.127. The average molecular weight is 1010 g/mol. The highest BCUT2D eigenvalue weighted by Gasteiger charge is 2.52. The summed E-state index contributed by atoms with van der Waals surface area (Å²) in [5, 5.41) is 23.3. The molecule has 17 heteroatoms. The molecule has 6 unspecified atom stereocenters. The summed E-state index contributed by atoms with van der Waals surface area (Å²) in [6.07, 6.45) is 15.1. The van der Waals surface area contributed by atoms with Crippen LogP contribution in [0.1, 0.15) is 132 Å². The summed E-state index contributed by atoms with van der Waals surface area (Å²) < 4.78 is 57.6. The number of aliphatic hydroxyl groups is 2. The maximum Gasteiger partial charge on any atom is 0.328 e. The number of allylic oxidation sites excluding steroid dienone is 6. The Morgan fingerprint density at radius 2 is 1.59 bits per heavy atom. The molecule has 0 aromatic heterocycles. The molecule has 3 N–H and O–H groups in total. The van der Waals surface area contributed by atoms with Gasteiger partial charge in [-0.3, -0.25) is 19.2 Å². The summed E-state index contributed by atoms with van der Waals surface area (Å²) in [6, 6.07) is -2.13. The van der Waals surface area contributed by atoms with Crippen molar-refractivity contribution in [2.45, 2.75) is 186 Å². The molecule has 2 heterocycles. The Morgan fingerprint density at radius 1 is 0.886 bits per heavy atom. The van der Waals surface area contributed by atoms with Gasteiger partial charge in [-0.2, -0.15) is 0 Å². The number of esters is 1. The third-order valence-electron chi connectivity index (χ3n) is 15.3. The van der Waals surface area contributed by atoms with E-state index < -0.39 is 87.7 Å². The number of cyclic esters (lactones) is 1. The van der Waals surface area contributed by atoms with Crippen molar-refractivity contribution in [3.8, 4) is 0 Å². The van der Waals surface area contributed by atoms with Crippen LogP contribution in [0.25, 0.3) is 0 Å². The van der Waals surface area contributed by atoms with Gasteiger partial charge in [0.15, 0.2) is 5.78 Å². The van der Waals surface area contributed by atoms with Gasteiger partial charge < -0.3 is 38.8 Å². The molecule has 2 bridgehead atoms. The minimum Gasteiger partial charge on any atom is -0.460 e. The first kappa shape index (κ1) is 59.1. The largest absolute Gasteiger partial charge is 0.460 e. The number of hydrogen-bond acceptors (Lipinski definition) is 14. The second-order valence-electron chi connectivity index (χ2n) is 20.9. The molecule has 14 atom stereocenters. The number of amides is 1. The third-order valence-corrected chi connectivity index (χ3v) is 16.0. The summed E-state index contributed by atoms with van der Waals surface area (Å²) in [5.41, 5.74) is 0.983. The highest BCUT2D eigenvalue weighted by Crippen LogP contribution is 2.38. The number of ketones is 3. The van der Waals surface area contributed by atoms with Crippen molar-refractivity contribution in [1.29, 1.82) is 0 Å². The zero-order valence-corrected chi connectivity index (χ0v) is 44.4. The fourth-order valence-electron chi connectivity index (χ4n) is 9.98. The molecule has 70 heavy (non-hydrogen) atoms. The van der Waals surface area contributed by atoms with Crippen molar-refractivity contribution < 1.29 is 66.3 Å². The lowest BCUT2D eigenvalue weighted by molar-refractivity contribution is -0.263. The predicted molar refractivity (Wildman–Crippen MR) is 266 cm³/mol. The fourth-order valence-corrected chi connectivity index (χ4v) is 10.8. The Hall–Kier alpha value is -3.42. The number of carbonyl (C=O) groups excluding carboxylic acids is 5. The molecule has 2 aliphatic heterocycles. The number of rotatable bonds is 10. The molecule has 0 radical (unpaired) electrons. The summed E-state index contributed by atoms with van der Waals surface area (Å²) in [6.45, 7) is 12.4. The van der Waals surface area contributed by atoms with Crippen LogP contribution in [0.15, 0.2) is 47.6 Å². The number of sulfonamides is 1. The first-order valence-corrected chi connectivity index (χ1v) is 27.3. The molecule has 3 fully saturated rings. The summed E-state index contributed by atoms with van der Waals surface area (Å²) in [4.78, 5) is 70.8. The van der Waals surface area contributed by atoms with Crippen molar-refractivity contribution in [2.24, 2.45) is 35.5 Å². The van der Waals surface area contributed by atoms with Gasteiger partial charge in [0.05, 0.1) is 24.6 Å². The minimum absolute atomic E-state index is 0.0215. The zero-order valence-electron chi connectivity index (χ0n) is 43.6. The highest BCUT2D eigenvalue weighted by atomic mass is 32.2. The van der Waals surface area contributed by atoms with E-state index in [1.807, 2.05) is 13.0 Å². The van der Waals surface area contributed by atoms with Crippen LogP contribution in [0.3, 0.4) is 0 Å². The molecule has 4 rings (SSSR count). The summed E-state index contributed by atoms with van der Waals surface area (Å²) in [5.74, 6) is -8.14. The standard InChI is InChI=1S/C53H84N2O14S/c1-32-18-15-13-12-14-16-19-33(2)47(57)49(66-10)48(58)36(5)26-34(3)43(56)30-45(35(4)27-40-23-25-44(46(28-40)65-9)67-31-39-20-17-21-39)68-52(61)38(7)55(8)51(60)50(59)53(62)37(6)22-24-41(69-53)29-42(32)54-70(11,63)64/h12-15,18,26,33-35,37-42,44-46,48-49,54,58,62H,16-17,19-25,27-31H2,1-11H3/b14-12+,15-13+,32-18+,36-26+/t33?,34?,35-,37+,38?,40+,41-,42-,44-,45?,46-,48?,49?,53+/m1/s1. The molecule has 2 saturated carbocycles. The van der Waals surface area contributed by atoms with Crippen molar-refractivity contribution >= 4 is 39.2 Å². The van der Waals surface area contributed by atoms with Gasteiger partial charge in [0.1, 0.15) is 30.1 Å². The molecular formula is C53H84N2O14S. The minimum atomic E-state index is -3.73. The molecule has 0 spiro atoms. The van der Waals surface area contributed by atoms with Crippen LogP contribution in [0, 0.1) is 35.5 Å². The number of nitrogens with zero attached hydrogens (tertiary/aromatic N) is 1. The monoisotopic (exact) mass is 1000 g/mol. The van der Waals surface area contributed by atoms with Gasteiger partial charge in [-0.15, -0.1) is 0 Å². The summed E-state index contributed by atoms with van der Waals surface area (Å²) >= 11 is 0. The first-order chi connectivity index (χ1) is 32.9. The van der Waals surface area contributed by atoms with Gasteiger partial charge in [-0.25, -0.2) is 17.9 Å². The molecule has 16 nitrogen and oxygen atoms in total. The van der Waals surface area contributed by atoms with Gasteiger partial charge >= 0.3 is 5.97 Å². The van der Waals surface area contributed by atoms with Gasteiger partial charge in [0.2, 0.25) is 15.8 Å². The van der Waals surface area contributed by atoms with Gasteiger partial charge in [0, 0.05) is 58.1 Å². The van der Waals surface area contributed by atoms with E-state index in [-0.39, 0.29) is 54.9 Å². The Balaban J connectivity index is 1.65. The normalized spacial score (nSPS) is 37.8. The molecular weight excluding hydrogens is 921 g/mol. The van der Waals surface area contributed by atoms with Crippen LogP contribution in [0.4, 0.5) is 0 Å². The molecule has 4 aliphatic rings. The van der Waals surface area contributed by atoms with E-state index in [0.29, 0.717) is 42.7 Å². The number of Topliss-reactive ketones (excluding diaryl/α,β-unsaturated/α-hetero) is 3. The van der Waals surface area contributed by atoms with Crippen LogP contribution in [-0.2, 0) is 57.7 Å². The maximum atomic E-state index is 14.1. The second-order valence-corrected chi connectivity index (χ2v) is 22.7. The maximum absolute atomic E-state index is 14.1. The SMILES string of the molecule is COC1C(=O)C(C)CC/C=C/C=C/C=C(\C)[C@H](NS(C)(=O)=O)C[C@H]2CC[C@H](C)[C@](O)(O2)C(=O)C(=O)N(C)C(C)C(=O)OC([C@H](C)C[C@@H]2CC[C@@H](OCC3CCC3)[C@H](OC)C2)CC(=O)C(C)/C=C(\C)C1O. The van der Waals surface area contributed by atoms with E-state index in [2.05, 4.69) is 4.72 Å². The predicted octanol–water partition coefficient (Wildman–Crippen LogP) is 6.13. The van der Waals surface area contributed by atoms with Crippen molar-refractivity contribution in [2.75, 3.05) is 34.1 Å². The van der Waals surface area contributed by atoms with Crippen LogP contribution < -0.4 is 4.72 Å². The zero-order chi connectivity index (χ0) is 52.1. The van der Waals surface area contributed by atoms with E-state index in [1.54, 1.807) is 72.1 Å². The number of methoxy groups -OCH3 is 2. The highest BCUT2D eigenvalue weighted by molar-refractivity contribution is 7.88. The second kappa shape index (κ2) is 27.0. The van der Waals surface area contributed by atoms with E-state index in [4.69, 9.17) is 23.7 Å². The van der Waals surface area contributed by atoms with E-state index in [9.17, 15) is 42.6 Å². The van der Waals surface area contributed by atoms with E-state index >= 15 is 0 Å². The molecule has 2 aliphatic carbocycles. The number of aliphatic hydroxyl groups excluding tert-OH is 1. The van der Waals surface area contributed by atoms with Crippen LogP contribution in [0.5, 0.6) is 0 Å². The molecule has 1 amide bonds. The molecule has 0 aromatic carbocycles. The topological polar surface area (TPSA) is 221 Å². The Labute approximate surface area is 417 Å². The number of hydrogen-bond donors (Lipinski definition) is 3. The van der Waals surface area contributed by atoms with Crippen LogP contribution in [0.2, 0.25) is 0 Å². The summed E-state index contributed by atoms with van der Waals surface area (Å²) in [7, 11) is 0.564. The van der Waals surface area contributed by atoms with Crippen LogP contribution in [-0.4, -0.2) is 141 Å². The molecule has 396 valence electrons. The molecule has 0 aromatic rings. The van der Waals surface area contributed by atoms with Gasteiger partial charge in [0.25, 0.3) is 11.7 Å². The Morgan fingerprint density at radius 3 is 2.21 bits per heavy atom. The molecule has 1 saturated heterocycles. The van der Waals surface area contributed by atoms with Crippen molar-refractivity contribution in [3.63, 3.8) is 0 Å². The number of fused-ring (bicyclic) bond motifs is 2. The Bertz CT molecular complexity index is 2030.